The number of ether oxygens (including phenoxy) is 2. The highest BCUT2D eigenvalue weighted by Gasteiger charge is 2.28. The molecule has 1 aliphatic heterocycles. The van der Waals surface area contributed by atoms with Crippen molar-refractivity contribution in [3.8, 4) is 6.07 Å². The van der Waals surface area contributed by atoms with Gasteiger partial charge in [-0.15, -0.1) is 0 Å². The van der Waals surface area contributed by atoms with Crippen molar-refractivity contribution in [3.63, 3.8) is 0 Å². The zero-order valence-corrected chi connectivity index (χ0v) is 17.0. The summed E-state index contributed by atoms with van der Waals surface area (Å²) in [6.45, 7) is 4.53. The van der Waals surface area contributed by atoms with E-state index in [1.807, 2.05) is 30.3 Å². The van der Waals surface area contributed by atoms with E-state index in [1.165, 1.54) is 13.2 Å². The van der Waals surface area contributed by atoms with Gasteiger partial charge >= 0.3 is 11.9 Å². The first kappa shape index (κ1) is 22.2. The number of nitrogens with zero attached hydrogens (tertiary/aromatic N) is 2. The van der Waals surface area contributed by atoms with E-state index in [-0.39, 0.29) is 23.4 Å². The van der Waals surface area contributed by atoms with Crippen LogP contribution in [0, 0.1) is 17.2 Å². The molecule has 0 atom stereocenters. The third-order valence-electron chi connectivity index (χ3n) is 4.96. The number of amides is 1. The maximum Gasteiger partial charge on any atom is 0.349 e. The number of methoxy groups -OCH3 is 1. The van der Waals surface area contributed by atoms with Crippen molar-refractivity contribution < 1.29 is 23.9 Å². The predicted octanol–water partition coefficient (Wildman–Crippen LogP) is 2.67. The highest BCUT2D eigenvalue weighted by Crippen LogP contribution is 2.19. The van der Waals surface area contributed by atoms with E-state index in [9.17, 15) is 19.6 Å². The molecule has 0 aliphatic carbocycles. The second kappa shape index (κ2) is 10.4. The van der Waals surface area contributed by atoms with Gasteiger partial charge in [-0.05, 0) is 36.0 Å². The average Bonchev–Trinajstić information content (AvgIpc) is 2.75. The number of benzene rings is 1. The summed E-state index contributed by atoms with van der Waals surface area (Å²) in [5.74, 6) is -1.27. The van der Waals surface area contributed by atoms with Gasteiger partial charge in [0.2, 0.25) is 0 Å². The third kappa shape index (κ3) is 6.18. The van der Waals surface area contributed by atoms with Crippen LogP contribution >= 0.6 is 0 Å². The fourth-order valence-corrected chi connectivity index (χ4v) is 3.11. The Morgan fingerprint density at radius 1 is 1.21 bits per heavy atom. The molecule has 7 nitrogen and oxygen atoms in total. The Morgan fingerprint density at radius 3 is 2.34 bits per heavy atom. The molecule has 0 unspecified atom stereocenters. The number of rotatable bonds is 6. The highest BCUT2D eigenvalue weighted by atomic mass is 16.5. The first-order chi connectivity index (χ1) is 13.8. The van der Waals surface area contributed by atoms with Gasteiger partial charge in [-0.1, -0.05) is 38.1 Å². The van der Waals surface area contributed by atoms with Crippen molar-refractivity contribution in [3.05, 3.63) is 41.0 Å². The van der Waals surface area contributed by atoms with Crippen molar-refractivity contribution in [2.24, 2.45) is 5.92 Å². The number of hydrogen-bond donors (Lipinski definition) is 0. The molecule has 1 heterocycles. The van der Waals surface area contributed by atoms with Crippen molar-refractivity contribution in [2.45, 2.75) is 32.6 Å². The largest absolute Gasteiger partial charge is 0.469 e. The van der Waals surface area contributed by atoms with Crippen molar-refractivity contribution >= 4 is 23.9 Å². The summed E-state index contributed by atoms with van der Waals surface area (Å²) in [5, 5.41) is 9.26. The summed E-state index contributed by atoms with van der Waals surface area (Å²) < 4.78 is 9.75. The third-order valence-corrected chi connectivity index (χ3v) is 4.96. The molecule has 1 aliphatic rings. The van der Waals surface area contributed by atoms with Crippen molar-refractivity contribution in [2.75, 3.05) is 26.8 Å². The molecule has 1 amide bonds. The van der Waals surface area contributed by atoms with E-state index < -0.39 is 12.6 Å². The van der Waals surface area contributed by atoms with Crippen LogP contribution in [0.2, 0.25) is 0 Å². The lowest BCUT2D eigenvalue weighted by Crippen LogP contribution is -2.42. The minimum Gasteiger partial charge on any atom is -0.469 e. The van der Waals surface area contributed by atoms with Crippen LogP contribution in [0.3, 0.4) is 0 Å². The molecule has 2 rings (SSSR count). The number of hydrogen-bond acceptors (Lipinski definition) is 6. The standard InChI is InChI=1S/C22H26N2O5/c1-15(2)17-6-4-16(5-7-17)12-19(13-23)22(27)29-14-20(25)24-10-8-18(9-11-24)21(26)28-3/h4-7,12,15,18H,8-11,14H2,1-3H3/b19-12+. The Kier molecular flexibility index (Phi) is 7.96. The maximum absolute atomic E-state index is 12.2. The topological polar surface area (TPSA) is 96.7 Å². The second-order valence-electron chi connectivity index (χ2n) is 7.25. The number of carbonyl (C=O) groups is 3. The molecule has 0 N–H and O–H groups in total. The second-order valence-corrected chi connectivity index (χ2v) is 7.25. The van der Waals surface area contributed by atoms with Gasteiger partial charge < -0.3 is 14.4 Å². The lowest BCUT2D eigenvalue weighted by molar-refractivity contribution is -0.152. The van der Waals surface area contributed by atoms with Crippen LogP contribution in [-0.2, 0) is 23.9 Å². The van der Waals surface area contributed by atoms with E-state index >= 15 is 0 Å². The summed E-state index contributed by atoms with van der Waals surface area (Å²) in [6.07, 6.45) is 2.48. The molecule has 0 spiro atoms. The normalized spacial score (nSPS) is 15.0. The molecule has 29 heavy (non-hydrogen) atoms. The average molecular weight is 398 g/mol. The predicted molar refractivity (Wildman–Crippen MR) is 106 cm³/mol. The van der Waals surface area contributed by atoms with E-state index in [0.29, 0.717) is 37.4 Å². The monoisotopic (exact) mass is 398 g/mol. The van der Waals surface area contributed by atoms with Gasteiger partial charge in [0.1, 0.15) is 11.6 Å². The fourth-order valence-electron chi connectivity index (χ4n) is 3.11. The van der Waals surface area contributed by atoms with Crippen LogP contribution in [0.25, 0.3) is 6.08 Å². The van der Waals surface area contributed by atoms with E-state index in [0.717, 1.165) is 5.56 Å². The van der Waals surface area contributed by atoms with Gasteiger partial charge in [0.05, 0.1) is 13.0 Å². The number of piperidine rings is 1. The molecule has 0 radical (unpaired) electrons. The lowest BCUT2D eigenvalue weighted by Gasteiger charge is -2.30. The molecular weight excluding hydrogens is 372 g/mol. The van der Waals surface area contributed by atoms with E-state index in [2.05, 4.69) is 13.8 Å². The molecule has 0 saturated carbocycles. The maximum atomic E-state index is 12.2. The molecule has 0 aromatic heterocycles. The zero-order chi connectivity index (χ0) is 21.4. The Morgan fingerprint density at radius 2 is 1.83 bits per heavy atom. The summed E-state index contributed by atoms with van der Waals surface area (Å²) in [7, 11) is 1.35. The summed E-state index contributed by atoms with van der Waals surface area (Å²) in [5.41, 5.74) is 1.70. The zero-order valence-electron chi connectivity index (χ0n) is 17.0. The first-order valence-electron chi connectivity index (χ1n) is 9.60. The lowest BCUT2D eigenvalue weighted by atomic mass is 9.97. The van der Waals surface area contributed by atoms with Gasteiger partial charge in [-0.3, -0.25) is 9.59 Å². The van der Waals surface area contributed by atoms with Crippen molar-refractivity contribution in [1.82, 2.24) is 4.90 Å². The molecular formula is C22H26N2O5. The Balaban J connectivity index is 1.89. The molecule has 7 heteroatoms. The Labute approximate surface area is 170 Å². The minimum absolute atomic E-state index is 0.167. The van der Waals surface area contributed by atoms with Crippen LogP contribution in [0.1, 0.15) is 43.7 Å². The molecule has 154 valence electrons. The summed E-state index contributed by atoms with van der Waals surface area (Å²) >= 11 is 0. The Bertz CT molecular complexity index is 813. The fraction of sp³-hybridized carbons (Fsp3) is 0.455. The molecule has 1 aromatic rings. The van der Waals surface area contributed by atoms with E-state index in [4.69, 9.17) is 9.47 Å². The Hall–Kier alpha value is -3.14. The molecule has 1 aromatic carbocycles. The highest BCUT2D eigenvalue weighted by molar-refractivity contribution is 5.98. The summed E-state index contributed by atoms with van der Waals surface area (Å²) in [6, 6.07) is 9.37. The van der Waals surface area contributed by atoms with Gasteiger partial charge in [0.25, 0.3) is 5.91 Å². The molecule has 1 fully saturated rings. The SMILES string of the molecule is COC(=O)C1CCN(C(=O)COC(=O)/C(C#N)=C/c2ccc(C(C)C)cc2)CC1. The summed E-state index contributed by atoms with van der Waals surface area (Å²) in [4.78, 5) is 37.5. The number of likely N-dealkylation sites (tertiary alicyclic amines) is 1. The number of carbonyl (C=O) groups excluding carboxylic acids is 3. The van der Waals surface area contributed by atoms with Gasteiger partial charge in [-0.2, -0.15) is 5.26 Å². The smallest absolute Gasteiger partial charge is 0.349 e. The first-order valence-corrected chi connectivity index (χ1v) is 9.60. The van der Waals surface area contributed by atoms with Crippen LogP contribution in [0.15, 0.2) is 29.8 Å². The van der Waals surface area contributed by atoms with Gasteiger partial charge in [-0.25, -0.2) is 4.79 Å². The quantitative estimate of drug-likeness (QED) is 0.415. The van der Waals surface area contributed by atoms with E-state index in [1.54, 1.807) is 4.90 Å². The van der Waals surface area contributed by atoms with Crippen LogP contribution in [0.4, 0.5) is 0 Å². The van der Waals surface area contributed by atoms with Crippen LogP contribution in [-0.4, -0.2) is 49.6 Å². The molecule has 1 saturated heterocycles. The number of esters is 2. The number of nitriles is 1. The van der Waals surface area contributed by atoms with Gasteiger partial charge in [0.15, 0.2) is 6.61 Å². The van der Waals surface area contributed by atoms with Crippen LogP contribution in [0.5, 0.6) is 0 Å². The van der Waals surface area contributed by atoms with Crippen molar-refractivity contribution in [1.29, 1.82) is 5.26 Å². The van der Waals surface area contributed by atoms with Crippen LogP contribution < -0.4 is 0 Å². The molecule has 0 bridgehead atoms. The minimum atomic E-state index is -0.835. The van der Waals surface area contributed by atoms with Gasteiger partial charge in [0, 0.05) is 13.1 Å².